The van der Waals surface area contributed by atoms with Crippen LogP contribution in [0.4, 0.5) is 5.69 Å². The number of nitrogens with zero attached hydrogens (tertiary/aromatic N) is 3. The predicted octanol–water partition coefficient (Wildman–Crippen LogP) is 1.42. The van der Waals surface area contributed by atoms with Gasteiger partial charge in [0.1, 0.15) is 5.82 Å². The monoisotopic (exact) mass is 353 g/mol. The molecule has 136 valence electrons. The molecule has 1 saturated heterocycles. The van der Waals surface area contributed by atoms with Gasteiger partial charge in [-0.05, 0) is 29.8 Å². The summed E-state index contributed by atoms with van der Waals surface area (Å²) in [5.74, 6) is 0.607. The number of allylic oxidation sites excluding steroid dienone is 1. The minimum absolute atomic E-state index is 0.0913. The molecule has 0 atom stereocenters. The summed E-state index contributed by atoms with van der Waals surface area (Å²) in [5, 5.41) is 16.3. The molecule has 3 rings (SSSR count). The van der Waals surface area contributed by atoms with E-state index in [1.165, 1.54) is 11.8 Å². The van der Waals surface area contributed by atoms with Gasteiger partial charge in [-0.2, -0.15) is 0 Å². The number of aromatic amines is 1. The summed E-state index contributed by atoms with van der Waals surface area (Å²) < 4.78 is 0. The van der Waals surface area contributed by atoms with Gasteiger partial charge in [-0.25, -0.2) is 4.98 Å². The molecule has 26 heavy (non-hydrogen) atoms. The molecule has 0 amide bonds. The van der Waals surface area contributed by atoms with Crippen LogP contribution in [0.15, 0.2) is 36.5 Å². The van der Waals surface area contributed by atoms with Gasteiger partial charge in [0, 0.05) is 38.4 Å². The number of aliphatic hydroxyl groups is 1. The van der Waals surface area contributed by atoms with E-state index < -0.39 is 0 Å². The fourth-order valence-corrected chi connectivity index (χ4v) is 3.00. The van der Waals surface area contributed by atoms with Crippen LogP contribution in [0, 0.1) is 5.41 Å². The molecule has 7 nitrogen and oxygen atoms in total. The Labute approximate surface area is 152 Å². The van der Waals surface area contributed by atoms with Crippen LogP contribution in [0.25, 0.3) is 17.3 Å². The van der Waals surface area contributed by atoms with Crippen LogP contribution < -0.4 is 4.90 Å². The summed E-state index contributed by atoms with van der Waals surface area (Å²) in [5.41, 5.74) is 3.02. The highest BCUT2D eigenvalue weighted by Crippen LogP contribution is 2.23. The van der Waals surface area contributed by atoms with Crippen molar-refractivity contribution >= 4 is 23.8 Å². The molecular weight excluding hydrogens is 330 g/mol. The third-order valence-corrected chi connectivity index (χ3v) is 4.48. The Balaban J connectivity index is 1.63. The number of benzene rings is 1. The molecule has 2 aromatic rings. The number of carbonyl (C=O) groups is 1. The second-order valence-corrected chi connectivity index (χ2v) is 6.19. The zero-order valence-corrected chi connectivity index (χ0v) is 14.6. The van der Waals surface area contributed by atoms with Crippen LogP contribution in [0.3, 0.4) is 0 Å². The number of aromatic nitrogens is 2. The lowest BCUT2D eigenvalue weighted by atomic mass is 10.1. The second-order valence-electron chi connectivity index (χ2n) is 6.19. The maximum absolute atomic E-state index is 10.4. The molecule has 0 spiro atoms. The first-order valence-corrected chi connectivity index (χ1v) is 8.65. The first kappa shape index (κ1) is 18.0. The first-order chi connectivity index (χ1) is 12.7. The van der Waals surface area contributed by atoms with Crippen LogP contribution in [0.5, 0.6) is 0 Å². The molecule has 3 N–H and O–H groups in total. The van der Waals surface area contributed by atoms with E-state index in [9.17, 15) is 4.79 Å². The number of aliphatic hydroxyl groups excluding tert-OH is 1. The highest BCUT2D eigenvalue weighted by Gasteiger charge is 2.16. The van der Waals surface area contributed by atoms with Gasteiger partial charge >= 0.3 is 0 Å². The fraction of sp³-hybridized carbons (Fsp3) is 0.316. The zero-order valence-electron chi connectivity index (χ0n) is 14.6. The second kappa shape index (κ2) is 8.55. The zero-order chi connectivity index (χ0) is 18.4. The molecule has 1 aliphatic rings. The van der Waals surface area contributed by atoms with Gasteiger partial charge in [0.05, 0.1) is 24.2 Å². The smallest absolute Gasteiger partial charge is 0.167 e. The number of H-pyrrole nitrogens is 1. The van der Waals surface area contributed by atoms with Crippen molar-refractivity contribution in [3.63, 3.8) is 0 Å². The van der Waals surface area contributed by atoms with Crippen molar-refractivity contribution in [2.24, 2.45) is 0 Å². The minimum atomic E-state index is -0.0913. The summed E-state index contributed by atoms with van der Waals surface area (Å²) in [4.78, 5) is 22.5. The Kier molecular flexibility index (Phi) is 5.93. The highest BCUT2D eigenvalue weighted by atomic mass is 16.3. The van der Waals surface area contributed by atoms with Crippen molar-refractivity contribution in [1.82, 2.24) is 14.9 Å². The summed E-state index contributed by atoms with van der Waals surface area (Å²) in [6.07, 6.45) is 5.26. The van der Waals surface area contributed by atoms with Crippen LogP contribution in [-0.4, -0.2) is 71.3 Å². The summed E-state index contributed by atoms with van der Waals surface area (Å²) in [6, 6.07) is 8.33. The van der Waals surface area contributed by atoms with Gasteiger partial charge in [0.2, 0.25) is 0 Å². The van der Waals surface area contributed by atoms with E-state index in [4.69, 9.17) is 10.5 Å². The van der Waals surface area contributed by atoms with Crippen molar-refractivity contribution in [3.8, 4) is 11.3 Å². The number of nitrogens with one attached hydrogen (secondary N) is 2. The molecule has 0 aliphatic carbocycles. The fourth-order valence-electron chi connectivity index (χ4n) is 3.00. The van der Waals surface area contributed by atoms with Crippen LogP contribution in [0.1, 0.15) is 5.82 Å². The van der Waals surface area contributed by atoms with Gasteiger partial charge in [0.15, 0.2) is 6.29 Å². The standard InChI is InChI=1S/C19H23N5O2/c20-16(14-26)3-6-19-21-13-18(22-19)15-1-4-17(5-2-15)24-9-7-23(8-10-24)11-12-25/h1-6,13-14,20,25H,7-12H2,(H,21,22)/b6-3-,20-16?. The topological polar surface area (TPSA) is 96.3 Å². The Bertz CT molecular complexity index is 773. The Morgan fingerprint density at radius 3 is 2.62 bits per heavy atom. The first-order valence-electron chi connectivity index (χ1n) is 8.65. The van der Waals surface area contributed by atoms with E-state index in [0.717, 1.165) is 44.0 Å². The number of hydrogen-bond acceptors (Lipinski definition) is 6. The number of hydrogen-bond donors (Lipinski definition) is 3. The van der Waals surface area contributed by atoms with E-state index in [0.29, 0.717) is 12.1 Å². The molecule has 1 aromatic heterocycles. The Morgan fingerprint density at radius 2 is 1.96 bits per heavy atom. The van der Waals surface area contributed by atoms with Crippen LogP contribution in [0.2, 0.25) is 0 Å². The lowest BCUT2D eigenvalue weighted by molar-refractivity contribution is -0.102. The largest absolute Gasteiger partial charge is 0.395 e. The molecule has 1 aromatic carbocycles. The van der Waals surface area contributed by atoms with Gasteiger partial charge in [-0.1, -0.05) is 12.1 Å². The number of β-amino-alcohol motifs (C(OH)–C–C–N with tert-alkyl or cyclic N) is 1. The van der Waals surface area contributed by atoms with Crippen molar-refractivity contribution in [2.75, 3.05) is 44.2 Å². The van der Waals surface area contributed by atoms with E-state index in [1.807, 2.05) is 0 Å². The average Bonchev–Trinajstić information content (AvgIpc) is 3.16. The summed E-state index contributed by atoms with van der Waals surface area (Å²) in [7, 11) is 0. The van der Waals surface area contributed by atoms with Gasteiger partial charge in [-0.15, -0.1) is 0 Å². The molecule has 1 aliphatic heterocycles. The average molecular weight is 353 g/mol. The number of anilines is 1. The predicted molar refractivity (Wildman–Crippen MR) is 103 cm³/mol. The van der Waals surface area contributed by atoms with Gasteiger partial charge in [0.25, 0.3) is 0 Å². The Morgan fingerprint density at radius 1 is 1.23 bits per heavy atom. The molecule has 1 fully saturated rings. The number of carbonyl (C=O) groups excluding carboxylic acids is 1. The van der Waals surface area contributed by atoms with E-state index in [2.05, 4.69) is 44.0 Å². The van der Waals surface area contributed by atoms with Crippen LogP contribution >= 0.6 is 0 Å². The maximum Gasteiger partial charge on any atom is 0.167 e. The molecule has 0 bridgehead atoms. The van der Waals surface area contributed by atoms with Gasteiger partial charge in [-0.3, -0.25) is 15.1 Å². The lowest BCUT2D eigenvalue weighted by Crippen LogP contribution is -2.47. The number of piperazine rings is 1. The van der Waals surface area contributed by atoms with E-state index >= 15 is 0 Å². The number of rotatable bonds is 7. The molecule has 0 saturated carbocycles. The van der Waals surface area contributed by atoms with Crippen molar-refractivity contribution in [2.45, 2.75) is 0 Å². The SMILES string of the molecule is N=C(C=O)/C=C\c1ncc(-c2ccc(N3CCN(CCO)CC3)cc2)[nH]1. The molecule has 0 radical (unpaired) electrons. The summed E-state index contributed by atoms with van der Waals surface area (Å²) in [6.45, 7) is 4.81. The van der Waals surface area contributed by atoms with Crippen molar-refractivity contribution < 1.29 is 9.90 Å². The minimum Gasteiger partial charge on any atom is -0.395 e. The molecular formula is C19H23N5O2. The molecule has 7 heteroatoms. The van der Waals surface area contributed by atoms with E-state index in [1.54, 1.807) is 12.3 Å². The number of imidazole rings is 1. The lowest BCUT2D eigenvalue weighted by Gasteiger charge is -2.35. The van der Waals surface area contributed by atoms with Crippen LogP contribution in [-0.2, 0) is 4.79 Å². The quantitative estimate of drug-likeness (QED) is 0.517. The summed E-state index contributed by atoms with van der Waals surface area (Å²) >= 11 is 0. The van der Waals surface area contributed by atoms with Crippen molar-refractivity contribution in [1.29, 1.82) is 5.41 Å². The van der Waals surface area contributed by atoms with Crippen molar-refractivity contribution in [3.05, 3.63) is 42.4 Å². The normalized spacial score (nSPS) is 15.5. The van der Waals surface area contributed by atoms with E-state index in [-0.39, 0.29) is 12.3 Å². The Hall–Kier alpha value is -2.77. The third-order valence-electron chi connectivity index (χ3n) is 4.48. The highest BCUT2D eigenvalue weighted by molar-refractivity contribution is 6.33. The number of aldehydes is 1. The van der Waals surface area contributed by atoms with Gasteiger partial charge < -0.3 is 15.0 Å². The molecule has 0 unspecified atom stereocenters. The molecule has 2 heterocycles. The maximum atomic E-state index is 10.4. The third kappa shape index (κ3) is 4.44.